The fourth-order valence-electron chi connectivity index (χ4n) is 1.08. The summed E-state index contributed by atoms with van der Waals surface area (Å²) in [6.07, 6.45) is 1.40. The third-order valence-electron chi connectivity index (χ3n) is 2.50. The van der Waals surface area contributed by atoms with E-state index < -0.39 is 5.97 Å². The minimum Gasteiger partial charge on any atom is -0.292 e. The van der Waals surface area contributed by atoms with Crippen molar-refractivity contribution in [3.63, 3.8) is 0 Å². The van der Waals surface area contributed by atoms with Crippen LogP contribution in [0.3, 0.4) is 0 Å². The molecule has 3 nitrogen and oxygen atoms in total. The maximum absolute atomic E-state index is 11.6. The van der Waals surface area contributed by atoms with Crippen LogP contribution in [0.1, 0.15) is 41.8 Å². The smallest absolute Gasteiger partial charge is 0.292 e. The van der Waals surface area contributed by atoms with Gasteiger partial charge in [-0.15, -0.1) is 0 Å². The van der Waals surface area contributed by atoms with Gasteiger partial charge in [0.25, 0.3) is 0 Å². The first-order valence-corrected chi connectivity index (χ1v) is 5.33. The summed E-state index contributed by atoms with van der Waals surface area (Å²) in [5, 5.41) is 0. The van der Waals surface area contributed by atoms with Crippen molar-refractivity contribution in [2.45, 2.75) is 34.1 Å². The van der Waals surface area contributed by atoms with Gasteiger partial charge in [0.05, 0.1) is 5.56 Å². The monoisotopic (exact) mass is 221 g/mol. The van der Waals surface area contributed by atoms with Gasteiger partial charge in [0.1, 0.15) is 6.10 Å². The van der Waals surface area contributed by atoms with E-state index in [-0.39, 0.29) is 0 Å². The first-order valence-electron chi connectivity index (χ1n) is 5.33. The molecule has 0 saturated carbocycles. The van der Waals surface area contributed by atoms with E-state index in [9.17, 15) is 4.79 Å². The molecule has 0 aromatic heterocycles. The molecule has 0 spiro atoms. The van der Waals surface area contributed by atoms with Crippen LogP contribution in [0.15, 0.2) is 18.2 Å². The fraction of sp³-hybridized carbons (Fsp3) is 0.385. The van der Waals surface area contributed by atoms with E-state index in [1.807, 2.05) is 26.8 Å². The Bertz CT molecular complexity index is 371. The summed E-state index contributed by atoms with van der Waals surface area (Å²) in [6.45, 7) is 7.65. The lowest BCUT2D eigenvalue weighted by atomic mass is 10.1. The highest BCUT2D eigenvalue weighted by atomic mass is 17.2. The number of benzene rings is 1. The van der Waals surface area contributed by atoms with E-state index in [0.717, 1.165) is 17.5 Å². The molecule has 1 aromatic rings. The SMILES string of the molecule is CC[C](C)OOC(=O)c1ccc(C)c(C)c1. The lowest BCUT2D eigenvalue weighted by Gasteiger charge is -2.08. The highest BCUT2D eigenvalue weighted by Crippen LogP contribution is 2.13. The molecule has 0 saturated heterocycles. The van der Waals surface area contributed by atoms with Gasteiger partial charge in [0, 0.05) is 0 Å². The second kappa shape index (κ2) is 5.66. The highest BCUT2D eigenvalue weighted by Gasteiger charge is 2.11. The van der Waals surface area contributed by atoms with Gasteiger partial charge in [0.2, 0.25) is 0 Å². The normalized spacial score (nSPS) is 10.6. The van der Waals surface area contributed by atoms with Crippen LogP contribution in [-0.4, -0.2) is 5.97 Å². The second-order valence-corrected chi connectivity index (χ2v) is 3.81. The Morgan fingerprint density at radius 2 is 1.88 bits per heavy atom. The van der Waals surface area contributed by atoms with Crippen LogP contribution in [0.5, 0.6) is 0 Å². The average Bonchev–Trinajstić information content (AvgIpc) is 2.29. The Morgan fingerprint density at radius 3 is 2.44 bits per heavy atom. The van der Waals surface area contributed by atoms with Crippen LogP contribution < -0.4 is 0 Å². The molecule has 87 valence electrons. The minimum atomic E-state index is -0.462. The maximum atomic E-state index is 11.6. The quantitative estimate of drug-likeness (QED) is 0.577. The van der Waals surface area contributed by atoms with Crippen molar-refractivity contribution in [2.24, 2.45) is 0 Å². The van der Waals surface area contributed by atoms with Crippen LogP contribution in [0.25, 0.3) is 0 Å². The summed E-state index contributed by atoms with van der Waals surface area (Å²) in [5.74, 6) is -0.462. The average molecular weight is 221 g/mol. The largest absolute Gasteiger partial charge is 0.373 e. The van der Waals surface area contributed by atoms with Crippen molar-refractivity contribution < 1.29 is 14.6 Å². The molecule has 0 aliphatic rings. The van der Waals surface area contributed by atoms with Gasteiger partial charge in [-0.05, 0) is 50.5 Å². The number of hydrogen-bond donors (Lipinski definition) is 0. The number of rotatable bonds is 4. The van der Waals surface area contributed by atoms with E-state index in [1.165, 1.54) is 0 Å². The second-order valence-electron chi connectivity index (χ2n) is 3.81. The Labute approximate surface area is 96.3 Å². The summed E-state index contributed by atoms with van der Waals surface area (Å²) in [4.78, 5) is 21.1. The Morgan fingerprint density at radius 1 is 1.19 bits per heavy atom. The van der Waals surface area contributed by atoms with E-state index in [4.69, 9.17) is 9.78 Å². The third-order valence-corrected chi connectivity index (χ3v) is 2.50. The van der Waals surface area contributed by atoms with Gasteiger partial charge < -0.3 is 0 Å². The van der Waals surface area contributed by atoms with Gasteiger partial charge in [-0.25, -0.2) is 4.79 Å². The molecule has 0 atom stereocenters. The molecule has 0 bridgehead atoms. The van der Waals surface area contributed by atoms with Gasteiger partial charge in [-0.2, -0.15) is 4.89 Å². The number of hydrogen-bond acceptors (Lipinski definition) is 3. The summed E-state index contributed by atoms with van der Waals surface area (Å²) >= 11 is 0. The zero-order valence-electron chi connectivity index (χ0n) is 10.2. The van der Waals surface area contributed by atoms with Crippen molar-refractivity contribution in [2.75, 3.05) is 0 Å². The molecular formula is C13H17O3. The zero-order chi connectivity index (χ0) is 12.1. The van der Waals surface area contributed by atoms with Crippen LogP contribution in [-0.2, 0) is 9.78 Å². The molecule has 0 heterocycles. The first kappa shape index (κ1) is 12.7. The molecule has 0 aliphatic heterocycles. The molecule has 1 radical (unpaired) electrons. The van der Waals surface area contributed by atoms with Crippen LogP contribution in [0, 0.1) is 20.0 Å². The van der Waals surface area contributed by atoms with Gasteiger partial charge >= 0.3 is 5.97 Å². The van der Waals surface area contributed by atoms with Crippen molar-refractivity contribution in [1.82, 2.24) is 0 Å². The van der Waals surface area contributed by atoms with Gasteiger partial charge in [-0.3, -0.25) is 4.89 Å². The van der Waals surface area contributed by atoms with Crippen LogP contribution in [0.2, 0.25) is 0 Å². The molecule has 1 rings (SSSR count). The Hall–Kier alpha value is -1.35. The zero-order valence-corrected chi connectivity index (χ0v) is 10.2. The molecule has 0 fully saturated rings. The first-order chi connectivity index (χ1) is 7.54. The van der Waals surface area contributed by atoms with Crippen molar-refractivity contribution in [3.05, 3.63) is 41.0 Å². The van der Waals surface area contributed by atoms with Gasteiger partial charge in [-0.1, -0.05) is 13.0 Å². The number of carbonyl (C=O) groups excluding carboxylic acids is 1. The summed E-state index contributed by atoms with van der Waals surface area (Å²) in [5.41, 5.74) is 2.71. The summed E-state index contributed by atoms with van der Waals surface area (Å²) < 4.78 is 0. The fourth-order valence-corrected chi connectivity index (χ4v) is 1.08. The molecular weight excluding hydrogens is 204 g/mol. The molecule has 0 N–H and O–H groups in total. The van der Waals surface area contributed by atoms with E-state index in [2.05, 4.69) is 0 Å². The minimum absolute atomic E-state index is 0.462. The third kappa shape index (κ3) is 3.35. The van der Waals surface area contributed by atoms with Crippen LogP contribution in [0.4, 0.5) is 0 Å². The van der Waals surface area contributed by atoms with Gasteiger partial charge in [0.15, 0.2) is 0 Å². The summed E-state index contributed by atoms with van der Waals surface area (Å²) in [6, 6.07) is 5.42. The summed E-state index contributed by atoms with van der Waals surface area (Å²) in [7, 11) is 0. The predicted molar refractivity (Wildman–Crippen MR) is 61.6 cm³/mol. The molecule has 1 aromatic carbocycles. The molecule has 0 aliphatic carbocycles. The number of carbonyl (C=O) groups is 1. The molecule has 16 heavy (non-hydrogen) atoms. The highest BCUT2D eigenvalue weighted by molar-refractivity contribution is 5.89. The van der Waals surface area contributed by atoms with E-state index in [0.29, 0.717) is 11.7 Å². The molecule has 0 amide bonds. The predicted octanol–water partition coefficient (Wildman–Crippen LogP) is 3.35. The van der Waals surface area contributed by atoms with Crippen molar-refractivity contribution >= 4 is 5.97 Å². The van der Waals surface area contributed by atoms with Crippen molar-refractivity contribution in [1.29, 1.82) is 0 Å². The molecule has 3 heteroatoms. The lowest BCUT2D eigenvalue weighted by molar-refractivity contribution is -0.232. The lowest BCUT2D eigenvalue weighted by Crippen LogP contribution is -2.08. The van der Waals surface area contributed by atoms with E-state index >= 15 is 0 Å². The standard InChI is InChI=1S/C13H17O3/c1-5-11(4)15-16-13(14)12-7-6-9(2)10(3)8-12/h6-8H,5H2,1-4H3. The topological polar surface area (TPSA) is 35.5 Å². The van der Waals surface area contributed by atoms with Crippen LogP contribution >= 0.6 is 0 Å². The Kier molecular flexibility index (Phi) is 4.50. The van der Waals surface area contributed by atoms with E-state index in [1.54, 1.807) is 19.1 Å². The maximum Gasteiger partial charge on any atom is 0.373 e. The van der Waals surface area contributed by atoms with Crippen molar-refractivity contribution in [3.8, 4) is 0 Å². The Balaban J connectivity index is 2.63. The molecule has 0 unspecified atom stereocenters. The number of aryl methyl sites for hydroxylation is 2.